The van der Waals surface area contributed by atoms with Crippen molar-refractivity contribution in [3.63, 3.8) is 0 Å². The van der Waals surface area contributed by atoms with Crippen molar-refractivity contribution in [1.29, 1.82) is 0 Å². The summed E-state index contributed by atoms with van der Waals surface area (Å²) in [5, 5.41) is 11.4. The standard InChI is InChI=1S/C18H37NO4S/c1-24(22,23)16-14-12-10-8-6-4-2-3-5-7-9-11-13-15-19-17-18(20)21/h19H,2-17H2,1H3,(H,20,21). The number of carbonyl (C=O) groups is 1. The van der Waals surface area contributed by atoms with Gasteiger partial charge in [-0.25, -0.2) is 8.42 Å². The second-order valence-electron chi connectivity index (χ2n) is 6.80. The third kappa shape index (κ3) is 21.4. The quantitative estimate of drug-likeness (QED) is 0.362. The van der Waals surface area contributed by atoms with Crippen molar-refractivity contribution in [3.8, 4) is 0 Å². The largest absolute Gasteiger partial charge is 0.480 e. The molecule has 0 atom stereocenters. The van der Waals surface area contributed by atoms with E-state index in [1.165, 1.54) is 64.0 Å². The Morgan fingerprint density at radius 1 is 0.750 bits per heavy atom. The van der Waals surface area contributed by atoms with Gasteiger partial charge in [0.2, 0.25) is 0 Å². The van der Waals surface area contributed by atoms with E-state index in [0.29, 0.717) is 5.75 Å². The lowest BCUT2D eigenvalue weighted by atomic mass is 10.0. The molecule has 6 heteroatoms. The van der Waals surface area contributed by atoms with Crippen molar-refractivity contribution >= 4 is 15.8 Å². The van der Waals surface area contributed by atoms with Gasteiger partial charge in [-0.3, -0.25) is 4.79 Å². The van der Waals surface area contributed by atoms with Crippen molar-refractivity contribution in [3.05, 3.63) is 0 Å². The second kappa shape index (κ2) is 15.9. The molecule has 0 aliphatic rings. The van der Waals surface area contributed by atoms with Gasteiger partial charge in [0.05, 0.1) is 6.54 Å². The molecular weight excluding hydrogens is 326 g/mol. The Hall–Kier alpha value is -0.620. The summed E-state index contributed by atoms with van der Waals surface area (Å²) in [4.78, 5) is 10.3. The van der Waals surface area contributed by atoms with E-state index >= 15 is 0 Å². The SMILES string of the molecule is CS(=O)(=O)CCCCCCCCCCCCCCCNCC(=O)O. The molecule has 0 saturated carbocycles. The molecular formula is C18H37NO4S. The molecule has 24 heavy (non-hydrogen) atoms. The van der Waals surface area contributed by atoms with Gasteiger partial charge < -0.3 is 10.4 Å². The van der Waals surface area contributed by atoms with Crippen LogP contribution in [0.15, 0.2) is 0 Å². The van der Waals surface area contributed by atoms with Crippen molar-refractivity contribution in [2.75, 3.05) is 25.1 Å². The Bertz CT molecular complexity index is 396. The van der Waals surface area contributed by atoms with E-state index < -0.39 is 15.8 Å². The average Bonchev–Trinajstić information content (AvgIpc) is 2.49. The normalized spacial score (nSPS) is 11.7. The summed E-state index contributed by atoms with van der Waals surface area (Å²) < 4.78 is 22.0. The zero-order chi connectivity index (χ0) is 18.1. The Morgan fingerprint density at radius 2 is 1.12 bits per heavy atom. The van der Waals surface area contributed by atoms with Gasteiger partial charge in [-0.05, 0) is 19.4 Å². The van der Waals surface area contributed by atoms with Gasteiger partial charge in [0.1, 0.15) is 9.84 Å². The van der Waals surface area contributed by atoms with Crippen LogP contribution in [0.25, 0.3) is 0 Å². The molecule has 5 nitrogen and oxygen atoms in total. The summed E-state index contributed by atoms with van der Waals surface area (Å²) in [6, 6.07) is 0. The van der Waals surface area contributed by atoms with E-state index in [2.05, 4.69) is 5.32 Å². The molecule has 0 unspecified atom stereocenters. The number of nitrogens with one attached hydrogen (secondary N) is 1. The molecule has 144 valence electrons. The van der Waals surface area contributed by atoms with Gasteiger partial charge in [-0.15, -0.1) is 0 Å². The molecule has 0 aliphatic heterocycles. The van der Waals surface area contributed by atoms with Crippen LogP contribution in [-0.2, 0) is 14.6 Å². The molecule has 0 amide bonds. The zero-order valence-electron chi connectivity index (χ0n) is 15.4. The van der Waals surface area contributed by atoms with Crippen LogP contribution < -0.4 is 5.32 Å². The van der Waals surface area contributed by atoms with Crippen LogP contribution in [0.4, 0.5) is 0 Å². The molecule has 0 saturated heterocycles. The van der Waals surface area contributed by atoms with Gasteiger partial charge in [0, 0.05) is 12.0 Å². The monoisotopic (exact) mass is 363 g/mol. The predicted octanol–water partition coefficient (Wildman–Crippen LogP) is 3.78. The summed E-state index contributed by atoms with van der Waals surface area (Å²) in [6.07, 6.45) is 16.8. The maximum Gasteiger partial charge on any atom is 0.317 e. The van der Waals surface area contributed by atoms with E-state index in [0.717, 1.165) is 32.2 Å². The minimum Gasteiger partial charge on any atom is -0.480 e. The molecule has 0 aromatic rings. The molecule has 0 rings (SSSR count). The first-order valence-electron chi connectivity index (χ1n) is 9.52. The average molecular weight is 364 g/mol. The summed E-state index contributed by atoms with van der Waals surface area (Å²) in [6.45, 7) is 0.869. The van der Waals surface area contributed by atoms with Crippen molar-refractivity contribution < 1.29 is 18.3 Å². The lowest BCUT2D eigenvalue weighted by Gasteiger charge is -2.04. The lowest BCUT2D eigenvalue weighted by molar-refractivity contribution is -0.135. The first kappa shape index (κ1) is 23.4. The van der Waals surface area contributed by atoms with Crippen molar-refractivity contribution in [1.82, 2.24) is 5.32 Å². The summed E-state index contributed by atoms with van der Waals surface area (Å²) in [5.74, 6) is -0.452. The lowest BCUT2D eigenvalue weighted by Crippen LogP contribution is -2.23. The topological polar surface area (TPSA) is 83.5 Å². The minimum atomic E-state index is -2.77. The van der Waals surface area contributed by atoms with E-state index in [4.69, 9.17) is 5.11 Å². The second-order valence-corrected chi connectivity index (χ2v) is 9.06. The highest BCUT2D eigenvalue weighted by Gasteiger charge is 2.01. The number of unbranched alkanes of at least 4 members (excludes halogenated alkanes) is 12. The molecule has 0 aromatic heterocycles. The maximum atomic E-state index is 11.0. The van der Waals surface area contributed by atoms with E-state index in [9.17, 15) is 13.2 Å². The molecule has 0 aromatic carbocycles. The fourth-order valence-electron chi connectivity index (χ4n) is 2.75. The van der Waals surface area contributed by atoms with Gasteiger partial charge >= 0.3 is 5.97 Å². The van der Waals surface area contributed by atoms with Crippen LogP contribution in [0.3, 0.4) is 0 Å². The predicted molar refractivity (Wildman–Crippen MR) is 100 cm³/mol. The minimum absolute atomic E-state index is 0.0672. The Balaban J connectivity index is 3.06. The van der Waals surface area contributed by atoms with Crippen molar-refractivity contribution in [2.24, 2.45) is 0 Å². The molecule has 0 bridgehead atoms. The Morgan fingerprint density at radius 3 is 1.50 bits per heavy atom. The van der Waals surface area contributed by atoms with Crippen molar-refractivity contribution in [2.45, 2.75) is 83.5 Å². The highest BCUT2D eigenvalue weighted by molar-refractivity contribution is 7.90. The van der Waals surface area contributed by atoms with Gasteiger partial charge in [0.25, 0.3) is 0 Å². The van der Waals surface area contributed by atoms with Crippen LogP contribution in [0.5, 0.6) is 0 Å². The highest BCUT2D eigenvalue weighted by atomic mass is 32.2. The van der Waals surface area contributed by atoms with Crippen LogP contribution in [0.1, 0.15) is 83.5 Å². The first-order valence-corrected chi connectivity index (χ1v) is 11.6. The highest BCUT2D eigenvalue weighted by Crippen LogP contribution is 2.12. The molecule has 0 aliphatic carbocycles. The summed E-state index contributed by atoms with van der Waals surface area (Å²) in [7, 11) is -2.77. The molecule has 0 fully saturated rings. The van der Waals surface area contributed by atoms with Crippen LogP contribution in [-0.4, -0.2) is 44.6 Å². The van der Waals surface area contributed by atoms with Crippen LogP contribution in [0, 0.1) is 0 Å². The van der Waals surface area contributed by atoms with E-state index in [1.54, 1.807) is 0 Å². The molecule has 0 heterocycles. The first-order chi connectivity index (χ1) is 11.4. The number of hydrogen-bond acceptors (Lipinski definition) is 4. The van der Waals surface area contributed by atoms with Crippen LogP contribution >= 0.6 is 0 Å². The number of sulfone groups is 1. The van der Waals surface area contributed by atoms with Gasteiger partial charge in [-0.1, -0.05) is 70.6 Å². The van der Waals surface area contributed by atoms with E-state index in [-0.39, 0.29) is 6.54 Å². The van der Waals surface area contributed by atoms with Gasteiger partial charge in [-0.2, -0.15) is 0 Å². The number of hydrogen-bond donors (Lipinski definition) is 2. The van der Waals surface area contributed by atoms with Crippen LogP contribution in [0.2, 0.25) is 0 Å². The number of carboxylic acid groups (broad SMARTS) is 1. The fraction of sp³-hybridized carbons (Fsp3) is 0.944. The third-order valence-corrected chi connectivity index (χ3v) is 5.18. The summed E-state index contributed by atoms with van der Waals surface area (Å²) in [5.41, 5.74) is 0. The van der Waals surface area contributed by atoms with Gasteiger partial charge in [0.15, 0.2) is 0 Å². The molecule has 0 radical (unpaired) electrons. The fourth-order valence-corrected chi connectivity index (χ4v) is 3.48. The number of rotatable bonds is 18. The maximum absolute atomic E-state index is 11.0. The Kier molecular flexibility index (Phi) is 15.5. The zero-order valence-corrected chi connectivity index (χ0v) is 16.2. The number of aliphatic carboxylic acids is 1. The number of carboxylic acids is 1. The van der Waals surface area contributed by atoms with E-state index in [1.807, 2.05) is 0 Å². The summed E-state index contributed by atoms with van der Waals surface area (Å²) >= 11 is 0. The third-order valence-electron chi connectivity index (χ3n) is 4.14. The smallest absolute Gasteiger partial charge is 0.317 e. The molecule has 0 spiro atoms. The molecule has 2 N–H and O–H groups in total. The Labute approximate surface area is 148 Å².